The molecule has 0 aliphatic carbocycles. The van der Waals surface area contributed by atoms with E-state index in [0.29, 0.717) is 18.2 Å². The van der Waals surface area contributed by atoms with Crippen molar-refractivity contribution in [2.75, 3.05) is 0 Å². The van der Waals surface area contributed by atoms with Crippen LogP contribution in [-0.2, 0) is 0 Å². The fraction of sp³-hybridized carbons (Fsp3) is 0.222. The number of alkyl halides is 1. The van der Waals surface area contributed by atoms with E-state index in [0.717, 1.165) is 22.2 Å². The zero-order valence-electron chi connectivity index (χ0n) is 13.5. The van der Waals surface area contributed by atoms with Gasteiger partial charge < -0.3 is 0 Å². The summed E-state index contributed by atoms with van der Waals surface area (Å²) in [5.41, 5.74) is 3.71. The number of aryl methyl sites for hydroxylation is 1. The number of hydrogen-bond donors (Lipinski definition) is 0. The van der Waals surface area contributed by atoms with Crippen LogP contribution in [-0.4, -0.2) is 29.8 Å². The van der Waals surface area contributed by atoms with Gasteiger partial charge in [-0.2, -0.15) is 9.67 Å². The molecule has 2 aromatic heterocycles. The van der Waals surface area contributed by atoms with Crippen molar-refractivity contribution in [3.8, 4) is 5.95 Å². The molecule has 6 nitrogen and oxygen atoms in total. The number of halogens is 1. The third-order valence-electron chi connectivity index (χ3n) is 4.63. The first-order valence-corrected chi connectivity index (χ1v) is 8.18. The van der Waals surface area contributed by atoms with Crippen molar-refractivity contribution in [1.82, 2.24) is 29.8 Å². The highest BCUT2D eigenvalue weighted by atomic mass is 19.1. The molecule has 0 radical (unpaired) electrons. The van der Waals surface area contributed by atoms with Crippen LogP contribution < -0.4 is 0 Å². The third kappa shape index (κ3) is 2.15. The number of aromatic nitrogens is 6. The summed E-state index contributed by atoms with van der Waals surface area (Å²) in [4.78, 5) is 4.40. The van der Waals surface area contributed by atoms with Gasteiger partial charge in [0.05, 0.1) is 11.6 Å². The number of rotatable bonds is 2. The topological polar surface area (TPSA) is 61.4 Å². The lowest BCUT2D eigenvalue weighted by Crippen LogP contribution is -2.08. The van der Waals surface area contributed by atoms with E-state index >= 15 is 0 Å². The molecule has 2 unspecified atom stereocenters. The van der Waals surface area contributed by atoms with Gasteiger partial charge in [0.1, 0.15) is 5.52 Å². The van der Waals surface area contributed by atoms with Gasteiger partial charge in [0.2, 0.25) is 0 Å². The van der Waals surface area contributed by atoms with Crippen LogP contribution in [0.15, 0.2) is 48.5 Å². The summed E-state index contributed by atoms with van der Waals surface area (Å²) >= 11 is 0. The number of benzene rings is 2. The Hall–Kier alpha value is -3.09. The molecule has 1 aliphatic heterocycles. The second-order valence-electron chi connectivity index (χ2n) is 6.34. The van der Waals surface area contributed by atoms with Crippen LogP contribution in [0.3, 0.4) is 0 Å². The van der Waals surface area contributed by atoms with Crippen LogP contribution in [0.25, 0.3) is 17.0 Å². The summed E-state index contributed by atoms with van der Waals surface area (Å²) in [6.07, 6.45) is -0.778. The Bertz CT molecular complexity index is 1070. The van der Waals surface area contributed by atoms with Crippen molar-refractivity contribution < 1.29 is 4.39 Å². The van der Waals surface area contributed by atoms with Gasteiger partial charge in [-0.15, -0.1) is 10.2 Å². The van der Waals surface area contributed by atoms with Crippen molar-refractivity contribution in [2.24, 2.45) is 0 Å². The van der Waals surface area contributed by atoms with Gasteiger partial charge in [-0.25, -0.2) is 9.07 Å². The van der Waals surface area contributed by atoms with Crippen LogP contribution in [0.5, 0.6) is 0 Å². The molecular weight excluding hydrogens is 319 g/mol. The molecule has 0 saturated carbocycles. The van der Waals surface area contributed by atoms with Gasteiger partial charge in [0, 0.05) is 6.42 Å². The van der Waals surface area contributed by atoms with Crippen molar-refractivity contribution in [3.05, 3.63) is 65.5 Å². The highest BCUT2D eigenvalue weighted by Crippen LogP contribution is 2.39. The molecule has 2 atom stereocenters. The van der Waals surface area contributed by atoms with Crippen LogP contribution in [0.1, 0.15) is 35.6 Å². The van der Waals surface area contributed by atoms with E-state index in [-0.39, 0.29) is 6.04 Å². The molecule has 0 N–H and O–H groups in total. The molecule has 4 aromatic rings. The Labute approximate surface area is 142 Å². The summed E-state index contributed by atoms with van der Waals surface area (Å²) in [6, 6.07) is 15.5. The van der Waals surface area contributed by atoms with Crippen molar-refractivity contribution in [2.45, 2.75) is 25.6 Å². The molecule has 0 saturated heterocycles. The minimum absolute atomic E-state index is 0.149. The summed E-state index contributed by atoms with van der Waals surface area (Å²) in [6.45, 7) is 2.00. The predicted molar refractivity (Wildman–Crippen MR) is 90.2 cm³/mol. The van der Waals surface area contributed by atoms with Gasteiger partial charge in [-0.3, -0.25) is 0 Å². The van der Waals surface area contributed by atoms with Gasteiger partial charge in [0.25, 0.3) is 5.95 Å². The van der Waals surface area contributed by atoms with Crippen LogP contribution in [0, 0.1) is 6.92 Å². The molecule has 0 spiro atoms. The average molecular weight is 334 g/mol. The lowest BCUT2D eigenvalue weighted by Gasteiger charge is -2.11. The van der Waals surface area contributed by atoms with Gasteiger partial charge in [-0.1, -0.05) is 41.6 Å². The Balaban J connectivity index is 1.62. The molecule has 1 aliphatic rings. The largest absolute Gasteiger partial charge is 0.271 e. The molecule has 5 rings (SSSR count). The van der Waals surface area contributed by atoms with Crippen molar-refractivity contribution >= 4 is 11.0 Å². The van der Waals surface area contributed by atoms with E-state index < -0.39 is 6.17 Å². The lowest BCUT2D eigenvalue weighted by atomic mass is 10.0. The highest BCUT2D eigenvalue weighted by molar-refractivity contribution is 5.76. The average Bonchev–Trinajstić information content (AvgIpc) is 3.30. The molecule has 124 valence electrons. The van der Waals surface area contributed by atoms with Crippen LogP contribution >= 0.6 is 0 Å². The van der Waals surface area contributed by atoms with Crippen LogP contribution in [0.2, 0.25) is 0 Å². The van der Waals surface area contributed by atoms with E-state index in [4.69, 9.17) is 0 Å². The summed E-state index contributed by atoms with van der Waals surface area (Å²) in [7, 11) is 0. The molecule has 3 heterocycles. The molecule has 7 heteroatoms. The van der Waals surface area contributed by atoms with E-state index in [1.165, 1.54) is 0 Å². The zero-order valence-corrected chi connectivity index (χ0v) is 13.5. The minimum Gasteiger partial charge on any atom is -0.239 e. The molecule has 0 amide bonds. The van der Waals surface area contributed by atoms with Crippen molar-refractivity contribution in [3.63, 3.8) is 0 Å². The molecule has 25 heavy (non-hydrogen) atoms. The van der Waals surface area contributed by atoms with Crippen molar-refractivity contribution in [1.29, 1.82) is 0 Å². The summed E-state index contributed by atoms with van der Waals surface area (Å²) in [5, 5.41) is 12.9. The number of nitrogens with zero attached hydrogens (tertiary/aromatic N) is 6. The number of fused-ring (bicyclic) bond motifs is 2. The summed E-state index contributed by atoms with van der Waals surface area (Å²) in [5.74, 6) is 0.698. The third-order valence-corrected chi connectivity index (χ3v) is 4.63. The summed E-state index contributed by atoms with van der Waals surface area (Å²) < 4.78 is 17.7. The van der Waals surface area contributed by atoms with E-state index in [1.807, 2.05) is 55.5 Å². The maximum Gasteiger partial charge on any atom is 0.271 e. The molecule has 0 fully saturated rings. The highest BCUT2D eigenvalue weighted by Gasteiger charge is 2.35. The standard InChI is InChI=1S/C18H15FN6/c1-11-7-8-15-14(9-11)21-23-25(15)18-20-17-13(19)10-16(24(17)22-18)12-5-3-2-4-6-12/h2-9,13,16H,10H2,1H3. The second kappa shape index (κ2) is 5.20. The smallest absolute Gasteiger partial charge is 0.239 e. The van der Waals surface area contributed by atoms with Gasteiger partial charge in [-0.05, 0) is 30.2 Å². The van der Waals surface area contributed by atoms with Gasteiger partial charge >= 0.3 is 0 Å². The first-order chi connectivity index (χ1) is 12.2. The van der Waals surface area contributed by atoms with E-state index in [2.05, 4.69) is 20.4 Å². The fourth-order valence-electron chi connectivity index (χ4n) is 3.39. The monoisotopic (exact) mass is 334 g/mol. The van der Waals surface area contributed by atoms with E-state index in [1.54, 1.807) is 9.36 Å². The lowest BCUT2D eigenvalue weighted by molar-refractivity contribution is 0.328. The zero-order chi connectivity index (χ0) is 17.0. The van der Waals surface area contributed by atoms with Crippen LogP contribution in [0.4, 0.5) is 4.39 Å². The van der Waals surface area contributed by atoms with Gasteiger partial charge in [0.15, 0.2) is 12.0 Å². The fourth-order valence-corrected chi connectivity index (χ4v) is 3.39. The minimum atomic E-state index is -1.14. The maximum absolute atomic E-state index is 14.5. The van der Waals surface area contributed by atoms with E-state index in [9.17, 15) is 4.39 Å². The quantitative estimate of drug-likeness (QED) is 0.564. The predicted octanol–water partition coefficient (Wildman–Crippen LogP) is 3.32. The first kappa shape index (κ1) is 14.3. The normalized spacial score (nSPS) is 19.4. The SMILES string of the molecule is Cc1ccc2c(c1)nnn2-c1nc2n(n1)C(c1ccccc1)CC2F. The molecule has 2 aromatic carbocycles. The number of hydrogen-bond acceptors (Lipinski definition) is 4. The molecule has 0 bridgehead atoms. The Kier molecular flexibility index (Phi) is 2.97. The Morgan fingerprint density at radius 1 is 1.12 bits per heavy atom. The Morgan fingerprint density at radius 2 is 1.96 bits per heavy atom. The maximum atomic E-state index is 14.5. The second-order valence-corrected chi connectivity index (χ2v) is 6.34. The molecular formula is C18H15FN6. The first-order valence-electron chi connectivity index (χ1n) is 8.18. The Morgan fingerprint density at radius 3 is 2.80 bits per heavy atom.